The van der Waals surface area contributed by atoms with Gasteiger partial charge in [-0.05, 0) is 19.1 Å². The van der Waals surface area contributed by atoms with Crippen molar-refractivity contribution in [3.8, 4) is 0 Å². The summed E-state index contributed by atoms with van der Waals surface area (Å²) in [5.74, 6) is -0.942. The van der Waals surface area contributed by atoms with Crippen LogP contribution in [0.3, 0.4) is 0 Å². The van der Waals surface area contributed by atoms with Gasteiger partial charge < -0.3 is 10.3 Å². The summed E-state index contributed by atoms with van der Waals surface area (Å²) in [5, 5.41) is 12.9. The summed E-state index contributed by atoms with van der Waals surface area (Å²) in [6.07, 6.45) is -4.22. The maximum atomic E-state index is 12.6. The van der Waals surface area contributed by atoms with Crippen molar-refractivity contribution in [2.75, 3.05) is 5.32 Å². The molecule has 10 heteroatoms. The summed E-state index contributed by atoms with van der Waals surface area (Å²) in [7, 11) is 0. The highest BCUT2D eigenvalue weighted by Crippen LogP contribution is 2.29. The molecule has 1 aromatic heterocycles. The summed E-state index contributed by atoms with van der Waals surface area (Å²) in [6, 6.07) is 4.05. The Labute approximate surface area is 132 Å². The van der Waals surface area contributed by atoms with Crippen molar-refractivity contribution in [2.24, 2.45) is 0 Å². The first-order valence-corrected chi connectivity index (χ1v) is 6.46. The molecule has 24 heavy (non-hydrogen) atoms. The van der Waals surface area contributed by atoms with Crippen molar-refractivity contribution >= 4 is 17.3 Å². The van der Waals surface area contributed by atoms with Crippen molar-refractivity contribution < 1.29 is 22.9 Å². The molecule has 0 radical (unpaired) electrons. The lowest BCUT2D eigenvalue weighted by molar-refractivity contribution is -0.385. The summed E-state index contributed by atoms with van der Waals surface area (Å²) in [4.78, 5) is 35.6. The van der Waals surface area contributed by atoms with Gasteiger partial charge in [-0.2, -0.15) is 13.2 Å². The molecule has 0 unspecified atom stereocenters. The van der Waals surface area contributed by atoms with Crippen LogP contribution in [0.1, 0.15) is 21.5 Å². The first kappa shape index (κ1) is 17.2. The maximum absolute atomic E-state index is 12.6. The van der Waals surface area contributed by atoms with Gasteiger partial charge in [0.1, 0.15) is 5.69 Å². The number of hydrogen-bond donors (Lipinski definition) is 2. The molecule has 2 rings (SSSR count). The molecule has 1 amide bonds. The van der Waals surface area contributed by atoms with Gasteiger partial charge in [-0.1, -0.05) is 6.07 Å². The molecule has 126 valence electrons. The molecule has 0 aliphatic rings. The SMILES string of the molecule is Cc1ccc(C(=O)Nc2cc(C(F)(F)F)c[nH]c2=O)cc1[N+](=O)[O-]. The number of carbonyl (C=O) groups is 1. The van der Waals surface area contributed by atoms with Crippen LogP contribution in [0.2, 0.25) is 0 Å². The van der Waals surface area contributed by atoms with E-state index in [9.17, 15) is 32.9 Å². The Morgan fingerprint density at radius 3 is 2.54 bits per heavy atom. The van der Waals surface area contributed by atoms with Crippen molar-refractivity contribution in [1.82, 2.24) is 4.98 Å². The Morgan fingerprint density at radius 1 is 1.29 bits per heavy atom. The van der Waals surface area contributed by atoms with E-state index in [2.05, 4.69) is 0 Å². The minimum atomic E-state index is -4.70. The summed E-state index contributed by atoms with van der Waals surface area (Å²) in [6.45, 7) is 1.47. The largest absolute Gasteiger partial charge is 0.417 e. The molecule has 0 aliphatic heterocycles. The number of aryl methyl sites for hydroxylation is 1. The number of anilines is 1. The third-order valence-electron chi connectivity index (χ3n) is 3.15. The van der Waals surface area contributed by atoms with E-state index in [1.54, 1.807) is 0 Å². The van der Waals surface area contributed by atoms with Gasteiger partial charge in [-0.3, -0.25) is 19.7 Å². The predicted octanol–water partition coefficient (Wildman–Crippen LogP) is 2.86. The van der Waals surface area contributed by atoms with Crippen molar-refractivity contribution in [2.45, 2.75) is 13.1 Å². The van der Waals surface area contributed by atoms with Crippen LogP contribution in [-0.2, 0) is 6.18 Å². The minimum absolute atomic E-state index is 0.163. The number of alkyl halides is 3. The number of hydrogen-bond acceptors (Lipinski definition) is 4. The predicted molar refractivity (Wildman–Crippen MR) is 77.9 cm³/mol. The molecule has 0 spiro atoms. The zero-order valence-electron chi connectivity index (χ0n) is 12.1. The molecular formula is C14H10F3N3O4. The fourth-order valence-electron chi connectivity index (χ4n) is 1.88. The van der Waals surface area contributed by atoms with Gasteiger partial charge in [0, 0.05) is 23.4 Å². The van der Waals surface area contributed by atoms with E-state index in [1.807, 2.05) is 10.3 Å². The third-order valence-corrected chi connectivity index (χ3v) is 3.15. The fraction of sp³-hybridized carbons (Fsp3) is 0.143. The van der Waals surface area contributed by atoms with E-state index in [0.29, 0.717) is 17.8 Å². The number of nitrogens with zero attached hydrogens (tertiary/aromatic N) is 1. The Morgan fingerprint density at radius 2 is 1.96 bits per heavy atom. The molecule has 0 bridgehead atoms. The van der Waals surface area contributed by atoms with Crippen LogP contribution < -0.4 is 10.9 Å². The summed E-state index contributed by atoms with van der Waals surface area (Å²) < 4.78 is 37.9. The number of nitrogens with one attached hydrogen (secondary N) is 2. The van der Waals surface area contributed by atoms with Gasteiger partial charge in [-0.25, -0.2) is 0 Å². The number of aromatic amines is 1. The molecule has 0 aliphatic carbocycles. The average Bonchev–Trinajstić information content (AvgIpc) is 2.48. The van der Waals surface area contributed by atoms with E-state index in [0.717, 1.165) is 6.07 Å². The summed E-state index contributed by atoms with van der Waals surface area (Å²) in [5.41, 5.74) is -2.86. The number of benzene rings is 1. The van der Waals surface area contributed by atoms with Crippen LogP contribution in [0.4, 0.5) is 24.5 Å². The lowest BCUT2D eigenvalue weighted by Crippen LogP contribution is -2.21. The number of H-pyrrole nitrogens is 1. The topological polar surface area (TPSA) is 105 Å². The standard InChI is InChI=1S/C14H10F3N3O4/c1-7-2-3-8(4-11(7)20(23)24)12(21)19-10-5-9(14(15,16)17)6-18-13(10)22/h2-6H,1H3,(H,18,22)(H,19,21). The molecule has 0 atom stereocenters. The molecule has 0 saturated heterocycles. The van der Waals surface area contributed by atoms with Gasteiger partial charge in [-0.15, -0.1) is 0 Å². The molecule has 7 nitrogen and oxygen atoms in total. The van der Waals surface area contributed by atoms with E-state index in [4.69, 9.17) is 0 Å². The Hall–Kier alpha value is -3.17. The average molecular weight is 341 g/mol. The number of pyridine rings is 1. The summed E-state index contributed by atoms with van der Waals surface area (Å²) >= 11 is 0. The normalized spacial score (nSPS) is 11.2. The van der Waals surface area contributed by atoms with Crippen LogP contribution in [0.15, 0.2) is 35.3 Å². The molecular weight excluding hydrogens is 331 g/mol. The first-order valence-electron chi connectivity index (χ1n) is 6.46. The number of nitro benzene ring substituents is 1. The second kappa shape index (κ2) is 6.14. The van der Waals surface area contributed by atoms with Crippen LogP contribution in [-0.4, -0.2) is 15.8 Å². The second-order valence-electron chi connectivity index (χ2n) is 4.84. The number of rotatable bonds is 3. The molecule has 2 aromatic rings. The van der Waals surface area contributed by atoms with Crippen LogP contribution >= 0.6 is 0 Å². The quantitative estimate of drug-likeness (QED) is 0.661. The van der Waals surface area contributed by atoms with Crippen molar-refractivity contribution in [3.05, 3.63) is 67.6 Å². The van der Waals surface area contributed by atoms with Gasteiger partial charge in [0.15, 0.2) is 0 Å². The highest BCUT2D eigenvalue weighted by atomic mass is 19.4. The smallest absolute Gasteiger partial charge is 0.327 e. The van der Waals surface area contributed by atoms with Crippen molar-refractivity contribution in [1.29, 1.82) is 0 Å². The van der Waals surface area contributed by atoms with E-state index < -0.39 is 33.8 Å². The molecule has 0 saturated carbocycles. The monoisotopic (exact) mass is 341 g/mol. The lowest BCUT2D eigenvalue weighted by atomic mass is 10.1. The number of aromatic nitrogens is 1. The lowest BCUT2D eigenvalue weighted by Gasteiger charge is -2.09. The van der Waals surface area contributed by atoms with E-state index >= 15 is 0 Å². The number of halogens is 3. The fourth-order valence-corrected chi connectivity index (χ4v) is 1.88. The Balaban J connectivity index is 2.35. The van der Waals surface area contributed by atoms with Crippen LogP contribution in [0, 0.1) is 17.0 Å². The molecule has 0 fully saturated rings. The van der Waals surface area contributed by atoms with Gasteiger partial charge in [0.25, 0.3) is 17.2 Å². The molecule has 1 heterocycles. The number of amides is 1. The number of nitro groups is 1. The Bertz CT molecular complexity index is 874. The number of carbonyl (C=O) groups excluding carboxylic acids is 1. The highest BCUT2D eigenvalue weighted by Gasteiger charge is 2.31. The van der Waals surface area contributed by atoms with Gasteiger partial charge >= 0.3 is 6.18 Å². The highest BCUT2D eigenvalue weighted by molar-refractivity contribution is 6.04. The second-order valence-corrected chi connectivity index (χ2v) is 4.84. The molecule has 1 aromatic carbocycles. The zero-order valence-corrected chi connectivity index (χ0v) is 12.1. The van der Waals surface area contributed by atoms with E-state index in [-0.39, 0.29) is 11.3 Å². The van der Waals surface area contributed by atoms with Gasteiger partial charge in [0.2, 0.25) is 0 Å². The first-order chi connectivity index (χ1) is 11.1. The van der Waals surface area contributed by atoms with Crippen LogP contribution in [0.25, 0.3) is 0 Å². The van der Waals surface area contributed by atoms with E-state index in [1.165, 1.54) is 19.1 Å². The van der Waals surface area contributed by atoms with Gasteiger partial charge in [0.05, 0.1) is 10.5 Å². The minimum Gasteiger partial charge on any atom is -0.327 e. The Kier molecular flexibility index (Phi) is 4.40. The van der Waals surface area contributed by atoms with Crippen LogP contribution in [0.5, 0.6) is 0 Å². The molecule has 2 N–H and O–H groups in total. The maximum Gasteiger partial charge on any atom is 0.417 e. The zero-order chi connectivity index (χ0) is 18.1. The van der Waals surface area contributed by atoms with Crippen molar-refractivity contribution in [3.63, 3.8) is 0 Å². The third kappa shape index (κ3) is 3.59.